The number of carbonyl (C=O) groups excluding carboxylic acids is 1. The van der Waals surface area contributed by atoms with Crippen LogP contribution in [0.25, 0.3) is 0 Å². The zero-order valence-corrected chi connectivity index (χ0v) is 15.5. The number of ether oxygens (including phenoxy) is 3. The molecule has 1 saturated heterocycles. The van der Waals surface area contributed by atoms with Crippen LogP contribution in [-0.2, 0) is 9.53 Å². The second-order valence-electron chi connectivity index (χ2n) is 5.68. The van der Waals surface area contributed by atoms with Crippen molar-refractivity contribution in [1.29, 1.82) is 0 Å². The fourth-order valence-corrected chi connectivity index (χ4v) is 3.15. The highest BCUT2D eigenvalue weighted by molar-refractivity contribution is 7.80. The Kier molecular flexibility index (Phi) is 6.05. The van der Waals surface area contributed by atoms with E-state index in [-0.39, 0.29) is 17.9 Å². The molecule has 1 aromatic rings. The van der Waals surface area contributed by atoms with Gasteiger partial charge in [-0.2, -0.15) is 13.2 Å². The number of aliphatic hydroxyl groups is 1. The van der Waals surface area contributed by atoms with Crippen LogP contribution in [0.5, 0.6) is 11.5 Å². The lowest BCUT2D eigenvalue weighted by molar-refractivity contribution is -0.292. The van der Waals surface area contributed by atoms with Gasteiger partial charge in [-0.3, -0.25) is 4.79 Å². The van der Waals surface area contributed by atoms with Crippen molar-refractivity contribution in [3.05, 3.63) is 23.8 Å². The van der Waals surface area contributed by atoms with E-state index in [0.29, 0.717) is 5.75 Å². The van der Waals surface area contributed by atoms with E-state index in [2.05, 4.69) is 5.32 Å². The summed E-state index contributed by atoms with van der Waals surface area (Å²) in [5.74, 6) is -2.80. The van der Waals surface area contributed by atoms with E-state index < -0.39 is 34.9 Å². The largest absolute Gasteiger partial charge is 0.497 e. The lowest BCUT2D eigenvalue weighted by atomic mass is 9.81. The second kappa shape index (κ2) is 7.77. The van der Waals surface area contributed by atoms with Gasteiger partial charge in [0.25, 0.3) is 5.72 Å². The van der Waals surface area contributed by atoms with Crippen LogP contribution in [0.3, 0.4) is 0 Å². The number of thiocarbonyl (C=S) groups is 1. The number of alkyl halides is 3. The van der Waals surface area contributed by atoms with Crippen molar-refractivity contribution < 1.29 is 37.3 Å². The molecule has 1 aliphatic heterocycles. The molecule has 1 fully saturated rings. The smallest absolute Gasteiger partial charge is 0.437 e. The molecule has 2 rings (SSSR count). The maximum atomic E-state index is 13.7. The van der Waals surface area contributed by atoms with Crippen LogP contribution in [-0.4, -0.2) is 48.9 Å². The molecule has 0 aliphatic carbocycles. The minimum absolute atomic E-state index is 0.148. The van der Waals surface area contributed by atoms with E-state index in [1.165, 1.54) is 39.3 Å². The summed E-state index contributed by atoms with van der Waals surface area (Å²) in [5.41, 5.74) is -3.46. The molecule has 0 aromatic heterocycles. The quantitative estimate of drug-likeness (QED) is 0.501. The number of esters is 1. The van der Waals surface area contributed by atoms with Gasteiger partial charge in [-0.25, -0.2) is 0 Å². The van der Waals surface area contributed by atoms with Gasteiger partial charge >= 0.3 is 12.1 Å². The summed E-state index contributed by atoms with van der Waals surface area (Å²) in [5, 5.41) is 14.3. The van der Waals surface area contributed by atoms with E-state index in [1.54, 1.807) is 5.32 Å². The minimum atomic E-state index is -5.21. The molecule has 27 heavy (non-hydrogen) atoms. The van der Waals surface area contributed by atoms with Crippen LogP contribution in [0.4, 0.5) is 13.2 Å². The highest BCUT2D eigenvalue weighted by atomic mass is 32.1. The Hall–Kier alpha value is -2.27. The van der Waals surface area contributed by atoms with Crippen molar-refractivity contribution in [2.75, 3.05) is 20.8 Å². The first kappa shape index (κ1) is 21.0. The van der Waals surface area contributed by atoms with Crippen LogP contribution < -0.4 is 20.1 Å². The van der Waals surface area contributed by atoms with Crippen LogP contribution in [0.15, 0.2) is 18.2 Å². The summed E-state index contributed by atoms with van der Waals surface area (Å²) in [6.45, 7) is 1.28. The van der Waals surface area contributed by atoms with E-state index in [4.69, 9.17) is 26.4 Å². The molecule has 3 N–H and O–H groups in total. The third kappa shape index (κ3) is 3.88. The fraction of sp³-hybridized carbons (Fsp3) is 0.500. The normalized spacial score (nSPS) is 25.2. The van der Waals surface area contributed by atoms with Crippen molar-refractivity contribution >= 4 is 23.3 Å². The standard InChI is InChI=1S/C16H19F3N2O5S/c1-4-26-13(22)11-12(9-6-5-8(24-2)7-10(9)25-3)20-14(27)21-15(11,23)16(17,18)19/h5-7,11-12,23H,4H2,1-3H3,(H2,20,21,27)/t11-,12-,15-/m0/s1. The summed E-state index contributed by atoms with van der Waals surface area (Å²) in [6.07, 6.45) is -5.21. The molecule has 0 radical (unpaired) electrons. The number of halogens is 3. The monoisotopic (exact) mass is 408 g/mol. The van der Waals surface area contributed by atoms with Gasteiger partial charge in [0.1, 0.15) is 17.4 Å². The maximum absolute atomic E-state index is 13.7. The predicted octanol–water partition coefficient (Wildman–Crippen LogP) is 1.65. The van der Waals surface area contributed by atoms with Gasteiger partial charge in [-0.1, -0.05) is 0 Å². The zero-order chi connectivity index (χ0) is 20.4. The number of benzene rings is 1. The molecule has 0 unspecified atom stereocenters. The van der Waals surface area contributed by atoms with Gasteiger partial charge < -0.3 is 30.0 Å². The number of nitrogens with one attached hydrogen (secondary N) is 2. The van der Waals surface area contributed by atoms with Crippen molar-refractivity contribution in [3.63, 3.8) is 0 Å². The first-order chi connectivity index (χ1) is 12.6. The lowest BCUT2D eigenvalue weighted by Gasteiger charge is -2.45. The summed E-state index contributed by atoms with van der Waals surface area (Å²) < 4.78 is 56.1. The van der Waals surface area contributed by atoms with E-state index in [1.807, 2.05) is 0 Å². The third-order valence-corrected chi connectivity index (χ3v) is 4.34. The Morgan fingerprint density at radius 3 is 2.52 bits per heavy atom. The maximum Gasteiger partial charge on any atom is 0.437 e. The Labute approximate surface area is 158 Å². The Morgan fingerprint density at radius 2 is 2.00 bits per heavy atom. The number of hydrogen-bond donors (Lipinski definition) is 3. The van der Waals surface area contributed by atoms with Crippen LogP contribution in [0.2, 0.25) is 0 Å². The molecular formula is C16H19F3N2O5S. The van der Waals surface area contributed by atoms with Gasteiger partial charge in [-0.05, 0) is 31.3 Å². The number of hydrogen-bond acceptors (Lipinski definition) is 6. The van der Waals surface area contributed by atoms with E-state index in [9.17, 15) is 23.1 Å². The number of rotatable bonds is 5. The number of methoxy groups -OCH3 is 2. The van der Waals surface area contributed by atoms with Crippen LogP contribution in [0.1, 0.15) is 18.5 Å². The van der Waals surface area contributed by atoms with Crippen LogP contribution in [0, 0.1) is 5.92 Å². The van der Waals surface area contributed by atoms with Gasteiger partial charge in [0.15, 0.2) is 5.11 Å². The first-order valence-electron chi connectivity index (χ1n) is 7.85. The molecule has 0 saturated carbocycles. The molecule has 0 amide bonds. The van der Waals surface area contributed by atoms with Gasteiger partial charge in [0, 0.05) is 11.6 Å². The topological polar surface area (TPSA) is 89.1 Å². The molecule has 7 nitrogen and oxygen atoms in total. The molecule has 1 heterocycles. The molecular weight excluding hydrogens is 389 g/mol. The summed E-state index contributed by atoms with van der Waals surface area (Å²) in [7, 11) is 2.73. The highest BCUT2D eigenvalue weighted by Gasteiger charge is 2.66. The average Bonchev–Trinajstić information content (AvgIpc) is 2.59. The average molecular weight is 408 g/mol. The van der Waals surface area contributed by atoms with E-state index >= 15 is 0 Å². The Bertz CT molecular complexity index is 730. The van der Waals surface area contributed by atoms with E-state index in [0.717, 1.165) is 0 Å². The molecule has 0 spiro atoms. The fourth-order valence-electron chi connectivity index (χ4n) is 2.87. The Balaban J connectivity index is 2.64. The van der Waals surface area contributed by atoms with Gasteiger partial charge in [-0.15, -0.1) is 0 Å². The first-order valence-corrected chi connectivity index (χ1v) is 8.26. The Morgan fingerprint density at radius 1 is 1.33 bits per heavy atom. The second-order valence-corrected chi connectivity index (χ2v) is 6.09. The summed E-state index contributed by atoms with van der Waals surface area (Å²) in [6, 6.07) is 2.98. The molecule has 3 atom stereocenters. The van der Waals surface area contributed by atoms with Gasteiger partial charge in [0.2, 0.25) is 0 Å². The molecule has 1 aromatic carbocycles. The zero-order valence-electron chi connectivity index (χ0n) is 14.7. The van der Waals surface area contributed by atoms with Crippen LogP contribution >= 0.6 is 12.2 Å². The molecule has 1 aliphatic rings. The molecule has 11 heteroatoms. The highest BCUT2D eigenvalue weighted by Crippen LogP contribution is 2.45. The van der Waals surface area contributed by atoms with Crippen molar-refractivity contribution in [3.8, 4) is 11.5 Å². The molecule has 0 bridgehead atoms. The van der Waals surface area contributed by atoms with Crippen molar-refractivity contribution in [2.45, 2.75) is 24.9 Å². The van der Waals surface area contributed by atoms with Crippen molar-refractivity contribution in [1.82, 2.24) is 10.6 Å². The molecule has 150 valence electrons. The van der Waals surface area contributed by atoms with Gasteiger partial charge in [0.05, 0.1) is 26.9 Å². The minimum Gasteiger partial charge on any atom is -0.497 e. The third-order valence-electron chi connectivity index (χ3n) is 4.12. The summed E-state index contributed by atoms with van der Waals surface area (Å²) >= 11 is 4.83. The lowest BCUT2D eigenvalue weighted by Crippen LogP contribution is -2.73. The predicted molar refractivity (Wildman–Crippen MR) is 92.3 cm³/mol. The number of carbonyl (C=O) groups is 1. The SMILES string of the molecule is CCOC(=O)[C@@H]1[C@H](c2ccc(OC)cc2OC)NC(=S)N[C@@]1(O)C(F)(F)F. The van der Waals surface area contributed by atoms with Crippen molar-refractivity contribution in [2.24, 2.45) is 5.92 Å². The summed E-state index contributed by atoms with van der Waals surface area (Å²) in [4.78, 5) is 12.4.